The molecule has 33 heavy (non-hydrogen) atoms. The molecular weight excluding hydrogens is 414 g/mol. The lowest BCUT2D eigenvalue weighted by Crippen LogP contribution is -2.27. The Bertz CT molecular complexity index is 1540. The second-order valence-electron chi connectivity index (χ2n) is 8.94. The van der Waals surface area contributed by atoms with E-state index < -0.39 is 0 Å². The molecule has 0 atom stereocenters. The van der Waals surface area contributed by atoms with Crippen LogP contribution in [0.4, 0.5) is 0 Å². The Morgan fingerprint density at radius 3 is 2.45 bits per heavy atom. The van der Waals surface area contributed by atoms with Crippen LogP contribution in [0.1, 0.15) is 38.1 Å². The highest BCUT2D eigenvalue weighted by Gasteiger charge is 2.23. The molecule has 0 radical (unpaired) electrons. The van der Waals surface area contributed by atoms with Crippen LogP contribution >= 0.6 is 0 Å². The Morgan fingerprint density at radius 1 is 0.909 bits per heavy atom. The maximum absolute atomic E-state index is 13.2. The van der Waals surface area contributed by atoms with E-state index in [4.69, 9.17) is 0 Å². The topological polar surface area (TPSA) is 83.4 Å². The van der Waals surface area contributed by atoms with Gasteiger partial charge in [0.15, 0.2) is 0 Å². The molecule has 5 aromatic rings. The van der Waals surface area contributed by atoms with Crippen molar-refractivity contribution in [1.82, 2.24) is 34.1 Å². The first kappa shape index (κ1) is 19.8. The number of rotatable bonds is 3. The number of nitrogens with zero attached hydrogens (tertiary/aromatic N) is 7. The van der Waals surface area contributed by atoms with Crippen molar-refractivity contribution < 1.29 is 0 Å². The molecule has 0 bridgehead atoms. The summed E-state index contributed by atoms with van der Waals surface area (Å²) >= 11 is 0. The molecule has 1 aliphatic rings. The van der Waals surface area contributed by atoms with E-state index >= 15 is 0 Å². The molecule has 0 spiro atoms. The van der Waals surface area contributed by atoms with Crippen molar-refractivity contribution in [2.24, 2.45) is 14.1 Å². The van der Waals surface area contributed by atoms with E-state index in [9.17, 15) is 4.79 Å². The predicted octanol–water partition coefficient (Wildman–Crippen LogP) is 4.25. The lowest BCUT2D eigenvalue weighted by molar-refractivity contribution is 0.351. The zero-order chi connectivity index (χ0) is 22.5. The molecule has 0 N–H and O–H groups in total. The van der Waals surface area contributed by atoms with Crippen molar-refractivity contribution in [2.45, 2.75) is 38.1 Å². The molecule has 1 aliphatic carbocycles. The standard InChI is InChI=1S/C25H25N7O/c1-30-15-22(28-29-30)21-11-9-17(13-26-21)16-8-10-20-19(12-16)24-23(14-27-20)31(2)25(33)32(24)18-6-4-3-5-7-18/h8-15,18H,3-7H2,1-2H3. The van der Waals surface area contributed by atoms with Gasteiger partial charge in [-0.3, -0.25) is 23.8 Å². The lowest BCUT2D eigenvalue weighted by Gasteiger charge is -2.23. The molecule has 6 rings (SSSR count). The Labute approximate surface area is 190 Å². The number of fused-ring (bicyclic) bond motifs is 3. The Hall–Kier alpha value is -3.81. The van der Waals surface area contributed by atoms with Crippen molar-refractivity contribution in [1.29, 1.82) is 0 Å². The second-order valence-corrected chi connectivity index (χ2v) is 8.94. The Balaban J connectivity index is 1.50. The van der Waals surface area contributed by atoms with Crippen LogP contribution in [0.3, 0.4) is 0 Å². The van der Waals surface area contributed by atoms with Crippen molar-refractivity contribution in [3.05, 3.63) is 59.4 Å². The van der Waals surface area contributed by atoms with E-state index in [1.807, 2.05) is 55.5 Å². The number of hydrogen-bond donors (Lipinski definition) is 0. The number of benzene rings is 1. The largest absolute Gasteiger partial charge is 0.329 e. The summed E-state index contributed by atoms with van der Waals surface area (Å²) in [6, 6.07) is 10.5. The van der Waals surface area contributed by atoms with Crippen molar-refractivity contribution in [3.8, 4) is 22.5 Å². The molecule has 0 saturated heterocycles. The molecule has 1 saturated carbocycles. The zero-order valence-corrected chi connectivity index (χ0v) is 18.8. The quantitative estimate of drug-likeness (QED) is 0.420. The molecule has 8 heteroatoms. The minimum absolute atomic E-state index is 0.0478. The molecule has 0 aliphatic heterocycles. The normalized spacial score (nSPS) is 15.0. The third kappa shape index (κ3) is 3.25. The third-order valence-electron chi connectivity index (χ3n) is 6.82. The zero-order valence-electron chi connectivity index (χ0n) is 18.8. The number of hydrogen-bond acceptors (Lipinski definition) is 5. The molecule has 4 aromatic heterocycles. The van der Waals surface area contributed by atoms with Gasteiger partial charge < -0.3 is 0 Å². The first-order valence-corrected chi connectivity index (χ1v) is 11.4. The molecule has 0 amide bonds. The maximum Gasteiger partial charge on any atom is 0.329 e. The minimum atomic E-state index is 0.0478. The van der Waals surface area contributed by atoms with Crippen molar-refractivity contribution in [3.63, 3.8) is 0 Å². The van der Waals surface area contributed by atoms with Crippen LogP contribution in [-0.4, -0.2) is 34.1 Å². The molecular formula is C25H25N7O. The minimum Gasteiger partial charge on any atom is -0.293 e. The second kappa shape index (κ2) is 7.65. The first-order valence-electron chi connectivity index (χ1n) is 11.4. The SMILES string of the molecule is Cn1cc(-c2ccc(-c3ccc4ncc5c(c4c3)n(C3CCCCC3)c(=O)n5C)cn2)nn1. The van der Waals surface area contributed by atoms with E-state index in [0.717, 1.165) is 57.3 Å². The average molecular weight is 440 g/mol. The smallest absolute Gasteiger partial charge is 0.293 e. The summed E-state index contributed by atoms with van der Waals surface area (Å²) < 4.78 is 5.43. The molecule has 166 valence electrons. The van der Waals surface area contributed by atoms with Gasteiger partial charge in [-0.1, -0.05) is 36.6 Å². The van der Waals surface area contributed by atoms with E-state index in [2.05, 4.69) is 32.4 Å². The molecule has 1 aromatic carbocycles. The van der Waals surface area contributed by atoms with Crippen LogP contribution in [0.5, 0.6) is 0 Å². The monoisotopic (exact) mass is 439 g/mol. The van der Waals surface area contributed by atoms with Gasteiger partial charge in [0.05, 0.1) is 34.6 Å². The fourth-order valence-electron chi connectivity index (χ4n) is 5.07. The van der Waals surface area contributed by atoms with Gasteiger partial charge in [0.1, 0.15) is 5.69 Å². The van der Waals surface area contributed by atoms with Crippen LogP contribution in [-0.2, 0) is 14.1 Å². The summed E-state index contributed by atoms with van der Waals surface area (Å²) in [6.07, 6.45) is 11.2. The fourth-order valence-corrected chi connectivity index (χ4v) is 5.07. The van der Waals surface area contributed by atoms with Gasteiger partial charge in [-0.25, -0.2) is 4.79 Å². The summed E-state index contributed by atoms with van der Waals surface area (Å²) in [7, 11) is 3.68. The van der Waals surface area contributed by atoms with Gasteiger partial charge in [0, 0.05) is 37.3 Å². The van der Waals surface area contributed by atoms with Gasteiger partial charge in [-0.2, -0.15) is 0 Å². The van der Waals surface area contributed by atoms with Crippen LogP contribution in [0, 0.1) is 0 Å². The van der Waals surface area contributed by atoms with Crippen LogP contribution < -0.4 is 5.69 Å². The first-order chi connectivity index (χ1) is 16.1. The van der Waals surface area contributed by atoms with Gasteiger partial charge in [-0.05, 0) is 36.6 Å². The fraction of sp³-hybridized carbons (Fsp3) is 0.320. The number of imidazole rings is 1. The number of aromatic nitrogens is 7. The highest BCUT2D eigenvalue weighted by molar-refractivity contribution is 6.04. The summed E-state index contributed by atoms with van der Waals surface area (Å²) in [5.74, 6) is 0. The van der Waals surface area contributed by atoms with Crippen LogP contribution in [0.25, 0.3) is 44.5 Å². The Morgan fingerprint density at radius 2 is 1.73 bits per heavy atom. The highest BCUT2D eigenvalue weighted by Crippen LogP contribution is 2.34. The number of pyridine rings is 2. The van der Waals surface area contributed by atoms with Gasteiger partial charge in [0.25, 0.3) is 0 Å². The van der Waals surface area contributed by atoms with Crippen molar-refractivity contribution in [2.75, 3.05) is 0 Å². The molecule has 0 unspecified atom stereocenters. The van der Waals surface area contributed by atoms with Gasteiger partial charge in [-0.15, -0.1) is 5.10 Å². The summed E-state index contributed by atoms with van der Waals surface area (Å²) in [5, 5.41) is 9.12. The Kier molecular flexibility index (Phi) is 4.60. The summed E-state index contributed by atoms with van der Waals surface area (Å²) in [6.45, 7) is 0. The van der Waals surface area contributed by atoms with Gasteiger partial charge >= 0.3 is 5.69 Å². The highest BCUT2D eigenvalue weighted by atomic mass is 16.1. The van der Waals surface area contributed by atoms with Gasteiger partial charge in [0.2, 0.25) is 0 Å². The maximum atomic E-state index is 13.2. The van der Waals surface area contributed by atoms with E-state index in [0.29, 0.717) is 0 Å². The van der Waals surface area contributed by atoms with Crippen LogP contribution in [0.2, 0.25) is 0 Å². The predicted molar refractivity (Wildman–Crippen MR) is 128 cm³/mol. The average Bonchev–Trinajstić information content (AvgIpc) is 3.40. The van der Waals surface area contributed by atoms with Crippen LogP contribution in [0.15, 0.2) is 53.7 Å². The van der Waals surface area contributed by atoms with E-state index in [-0.39, 0.29) is 11.7 Å². The summed E-state index contributed by atoms with van der Waals surface area (Å²) in [4.78, 5) is 22.5. The molecule has 8 nitrogen and oxygen atoms in total. The number of aryl methyl sites for hydroxylation is 2. The summed E-state index contributed by atoms with van der Waals surface area (Å²) in [5.41, 5.74) is 6.39. The van der Waals surface area contributed by atoms with E-state index in [1.54, 1.807) is 9.25 Å². The molecule has 1 fully saturated rings. The molecule has 4 heterocycles. The van der Waals surface area contributed by atoms with E-state index in [1.165, 1.54) is 19.3 Å². The lowest BCUT2D eigenvalue weighted by atomic mass is 9.95. The van der Waals surface area contributed by atoms with Crippen molar-refractivity contribution >= 4 is 21.9 Å². The third-order valence-corrected chi connectivity index (χ3v) is 6.82.